The van der Waals surface area contributed by atoms with E-state index in [1.54, 1.807) is 34.9 Å². The maximum atomic E-state index is 10.6. The van der Waals surface area contributed by atoms with E-state index >= 15 is 0 Å². The molecule has 2 rings (SSSR count). The Morgan fingerprint density at radius 2 is 1.94 bits per heavy atom. The van der Waals surface area contributed by atoms with Crippen LogP contribution in [0.5, 0.6) is 5.75 Å². The molecule has 5 heteroatoms. The lowest BCUT2D eigenvalue weighted by molar-refractivity contribution is 0.211. The molecule has 1 amide bonds. The third-order valence-corrected chi connectivity index (χ3v) is 2.60. The maximum absolute atomic E-state index is 10.6. The highest BCUT2D eigenvalue weighted by Crippen LogP contribution is 2.23. The summed E-state index contributed by atoms with van der Waals surface area (Å²) in [6.07, 6.45) is -0.839. The molecule has 0 atom stereocenters. The lowest BCUT2D eigenvalue weighted by Gasteiger charge is -2.05. The van der Waals surface area contributed by atoms with Gasteiger partial charge < -0.3 is 15.0 Å². The van der Waals surface area contributed by atoms with Crippen molar-refractivity contribution in [3.05, 3.63) is 42.1 Å². The summed E-state index contributed by atoms with van der Waals surface area (Å²) < 4.78 is 6.54. The van der Waals surface area contributed by atoms with Crippen LogP contribution in [0.15, 0.2) is 36.4 Å². The van der Waals surface area contributed by atoms with E-state index in [0.29, 0.717) is 11.4 Å². The molecule has 0 saturated heterocycles. The van der Waals surface area contributed by atoms with Crippen molar-refractivity contribution < 1.29 is 9.53 Å². The molecule has 1 aromatic carbocycles. The largest absolute Gasteiger partial charge is 0.411 e. The zero-order valence-electron chi connectivity index (χ0n) is 9.75. The second-order valence-corrected chi connectivity index (χ2v) is 3.72. The highest BCUT2D eigenvalue weighted by molar-refractivity contribution is 5.69. The number of aromatic nitrogens is 1. The van der Waals surface area contributed by atoms with Crippen molar-refractivity contribution in [2.24, 2.45) is 12.8 Å². The van der Waals surface area contributed by atoms with E-state index in [2.05, 4.69) is 6.07 Å². The number of nitriles is 1. The van der Waals surface area contributed by atoms with E-state index in [1.807, 2.05) is 13.1 Å². The molecule has 5 nitrogen and oxygen atoms in total. The summed E-state index contributed by atoms with van der Waals surface area (Å²) >= 11 is 0. The minimum Gasteiger partial charge on any atom is -0.411 e. The van der Waals surface area contributed by atoms with Crippen molar-refractivity contribution in [1.29, 1.82) is 5.26 Å². The lowest BCUT2D eigenvalue weighted by Crippen LogP contribution is -2.16. The molecule has 90 valence electrons. The maximum Gasteiger partial charge on any atom is 0.409 e. The summed E-state index contributed by atoms with van der Waals surface area (Å²) in [5.41, 5.74) is 7.34. The van der Waals surface area contributed by atoms with Crippen LogP contribution >= 0.6 is 0 Å². The molecular weight excluding hydrogens is 230 g/mol. The van der Waals surface area contributed by atoms with Gasteiger partial charge in [0.15, 0.2) is 0 Å². The molecule has 0 aliphatic carbocycles. The van der Waals surface area contributed by atoms with Crippen LogP contribution < -0.4 is 10.5 Å². The summed E-state index contributed by atoms with van der Waals surface area (Å²) in [4.78, 5) is 10.6. The molecule has 0 aliphatic heterocycles. The average Bonchev–Trinajstić information content (AvgIpc) is 2.71. The summed E-state index contributed by atoms with van der Waals surface area (Å²) in [7, 11) is 1.82. The summed E-state index contributed by atoms with van der Waals surface area (Å²) in [5, 5.41) is 8.88. The van der Waals surface area contributed by atoms with Gasteiger partial charge in [-0.05, 0) is 42.0 Å². The van der Waals surface area contributed by atoms with Crippen LogP contribution in [0.25, 0.3) is 11.3 Å². The molecule has 2 N–H and O–H groups in total. The number of primary amides is 1. The van der Waals surface area contributed by atoms with Crippen molar-refractivity contribution in [2.75, 3.05) is 0 Å². The van der Waals surface area contributed by atoms with Crippen molar-refractivity contribution >= 4 is 6.09 Å². The van der Waals surface area contributed by atoms with Crippen LogP contribution in [-0.2, 0) is 7.05 Å². The summed E-state index contributed by atoms with van der Waals surface area (Å²) in [6.45, 7) is 0. The molecule has 18 heavy (non-hydrogen) atoms. The quantitative estimate of drug-likeness (QED) is 0.873. The van der Waals surface area contributed by atoms with E-state index in [4.69, 9.17) is 15.7 Å². The molecule has 2 aromatic rings. The van der Waals surface area contributed by atoms with Gasteiger partial charge in [-0.1, -0.05) is 0 Å². The number of hydrogen-bond acceptors (Lipinski definition) is 3. The first-order valence-corrected chi connectivity index (χ1v) is 5.25. The topological polar surface area (TPSA) is 81.0 Å². The number of carbonyl (C=O) groups excluding carboxylic acids is 1. The fourth-order valence-corrected chi connectivity index (χ4v) is 1.72. The monoisotopic (exact) mass is 241 g/mol. The number of amides is 1. The first-order chi connectivity index (χ1) is 8.61. The average molecular weight is 241 g/mol. The van der Waals surface area contributed by atoms with E-state index in [-0.39, 0.29) is 0 Å². The summed E-state index contributed by atoms with van der Waals surface area (Å²) in [6, 6.07) is 12.6. The van der Waals surface area contributed by atoms with Crippen molar-refractivity contribution in [2.45, 2.75) is 0 Å². The molecule has 0 radical (unpaired) electrons. The first-order valence-electron chi connectivity index (χ1n) is 5.25. The Labute approximate surface area is 104 Å². The molecule has 0 fully saturated rings. The predicted molar refractivity (Wildman–Crippen MR) is 65.8 cm³/mol. The molecule has 1 aromatic heterocycles. The van der Waals surface area contributed by atoms with Crippen LogP contribution in [-0.4, -0.2) is 10.7 Å². The molecule has 0 spiro atoms. The number of carbonyl (C=O) groups is 1. The molecular formula is C13H11N3O2. The zero-order valence-corrected chi connectivity index (χ0v) is 9.75. The molecule has 0 bridgehead atoms. The Morgan fingerprint density at radius 1 is 1.28 bits per heavy atom. The van der Waals surface area contributed by atoms with Gasteiger partial charge in [-0.25, -0.2) is 4.79 Å². The Balaban J connectivity index is 2.32. The fourth-order valence-electron chi connectivity index (χ4n) is 1.72. The Kier molecular flexibility index (Phi) is 3.02. The molecule has 1 heterocycles. The minimum absolute atomic E-state index is 0.390. The SMILES string of the molecule is Cn1c(C#N)ccc1-c1ccc(OC(N)=O)cc1. The van der Waals surface area contributed by atoms with E-state index in [1.165, 1.54) is 0 Å². The van der Waals surface area contributed by atoms with Crippen LogP contribution in [0.1, 0.15) is 5.69 Å². The smallest absolute Gasteiger partial charge is 0.409 e. The van der Waals surface area contributed by atoms with Crippen molar-refractivity contribution in [3.8, 4) is 23.1 Å². The molecule has 0 aliphatic rings. The highest BCUT2D eigenvalue weighted by atomic mass is 16.5. The van der Waals surface area contributed by atoms with Crippen LogP contribution in [0.4, 0.5) is 4.79 Å². The van der Waals surface area contributed by atoms with Gasteiger partial charge >= 0.3 is 6.09 Å². The van der Waals surface area contributed by atoms with Gasteiger partial charge in [-0.3, -0.25) is 0 Å². The number of benzene rings is 1. The van der Waals surface area contributed by atoms with Crippen LogP contribution in [0, 0.1) is 11.3 Å². The van der Waals surface area contributed by atoms with E-state index in [9.17, 15) is 4.79 Å². The van der Waals surface area contributed by atoms with Gasteiger partial charge in [0.25, 0.3) is 0 Å². The van der Waals surface area contributed by atoms with Gasteiger partial charge in [0.1, 0.15) is 17.5 Å². The van der Waals surface area contributed by atoms with E-state index in [0.717, 1.165) is 11.3 Å². The third kappa shape index (κ3) is 2.18. The van der Waals surface area contributed by atoms with Gasteiger partial charge in [-0.2, -0.15) is 5.26 Å². The Morgan fingerprint density at radius 3 is 2.44 bits per heavy atom. The highest BCUT2D eigenvalue weighted by Gasteiger charge is 2.06. The first kappa shape index (κ1) is 11.7. The van der Waals surface area contributed by atoms with Gasteiger partial charge in [0.05, 0.1) is 0 Å². The third-order valence-electron chi connectivity index (χ3n) is 2.60. The van der Waals surface area contributed by atoms with E-state index < -0.39 is 6.09 Å². The number of ether oxygens (including phenoxy) is 1. The second kappa shape index (κ2) is 4.63. The summed E-state index contributed by atoms with van der Waals surface area (Å²) in [5.74, 6) is 0.390. The Hall–Kier alpha value is -2.74. The Bertz CT molecular complexity index is 621. The van der Waals surface area contributed by atoms with Gasteiger partial charge in [0.2, 0.25) is 0 Å². The number of rotatable bonds is 2. The second-order valence-electron chi connectivity index (χ2n) is 3.72. The molecule has 0 unspecified atom stereocenters. The van der Waals surface area contributed by atoms with Crippen molar-refractivity contribution in [3.63, 3.8) is 0 Å². The minimum atomic E-state index is -0.839. The standard InChI is InChI=1S/C13H11N3O2/c1-16-10(8-14)4-7-12(16)9-2-5-11(6-3-9)18-13(15)17/h2-7H,1H3,(H2,15,17). The normalized spacial score (nSPS) is 9.78. The number of nitrogens with two attached hydrogens (primary N) is 1. The number of hydrogen-bond donors (Lipinski definition) is 1. The van der Waals surface area contributed by atoms with Crippen molar-refractivity contribution in [1.82, 2.24) is 4.57 Å². The van der Waals surface area contributed by atoms with Gasteiger partial charge in [-0.15, -0.1) is 0 Å². The van der Waals surface area contributed by atoms with Crippen LogP contribution in [0.2, 0.25) is 0 Å². The lowest BCUT2D eigenvalue weighted by atomic mass is 10.1. The zero-order chi connectivity index (χ0) is 13.1. The van der Waals surface area contributed by atoms with Crippen LogP contribution in [0.3, 0.4) is 0 Å². The molecule has 0 saturated carbocycles. The fraction of sp³-hybridized carbons (Fsp3) is 0.0769. The van der Waals surface area contributed by atoms with Gasteiger partial charge in [0, 0.05) is 12.7 Å². The predicted octanol–water partition coefficient (Wildman–Crippen LogP) is 2.02. The number of nitrogens with zero attached hydrogens (tertiary/aromatic N) is 2.